The first-order valence-electron chi connectivity index (χ1n) is 9.44. The van der Waals surface area contributed by atoms with E-state index in [4.69, 9.17) is 0 Å². The number of benzene rings is 2. The highest BCUT2D eigenvalue weighted by molar-refractivity contribution is 7.99. The summed E-state index contributed by atoms with van der Waals surface area (Å²) in [6.07, 6.45) is 2.66. The third-order valence-corrected chi connectivity index (χ3v) is 5.52. The Morgan fingerprint density at radius 2 is 1.90 bits per heavy atom. The Balaban J connectivity index is 1.66. The fraction of sp³-hybridized carbons (Fsp3) is 0.273. The zero-order valence-electron chi connectivity index (χ0n) is 16.4. The van der Waals surface area contributed by atoms with Gasteiger partial charge in [0, 0.05) is 47.5 Å². The van der Waals surface area contributed by atoms with Gasteiger partial charge in [-0.05, 0) is 42.8 Å². The normalized spacial score (nSPS) is 14.2. The van der Waals surface area contributed by atoms with E-state index in [0.717, 1.165) is 30.2 Å². The molecule has 2 amide bonds. The molecule has 0 unspecified atom stereocenters. The molecule has 2 aromatic rings. The van der Waals surface area contributed by atoms with E-state index in [1.165, 1.54) is 18.2 Å². The van der Waals surface area contributed by atoms with E-state index in [-0.39, 0.29) is 11.7 Å². The minimum Gasteiger partial charge on any atom is -0.434 e. The largest absolute Gasteiger partial charge is 0.434 e. The summed E-state index contributed by atoms with van der Waals surface area (Å²) in [5, 5.41) is 2.74. The van der Waals surface area contributed by atoms with Crippen molar-refractivity contribution in [2.24, 2.45) is 0 Å². The Labute approximate surface area is 178 Å². The van der Waals surface area contributed by atoms with Crippen LogP contribution in [-0.2, 0) is 4.79 Å². The maximum atomic E-state index is 12.6. The van der Waals surface area contributed by atoms with E-state index in [0.29, 0.717) is 16.8 Å². The molecule has 0 atom stereocenters. The molecule has 1 aliphatic rings. The van der Waals surface area contributed by atoms with Crippen molar-refractivity contribution in [2.75, 3.05) is 29.9 Å². The van der Waals surface area contributed by atoms with Crippen molar-refractivity contribution in [3.05, 3.63) is 65.2 Å². The van der Waals surface area contributed by atoms with Crippen LogP contribution in [0.4, 0.5) is 14.5 Å². The van der Waals surface area contributed by atoms with Crippen LogP contribution in [0.1, 0.15) is 21.5 Å². The molecule has 1 saturated heterocycles. The fourth-order valence-corrected chi connectivity index (χ4v) is 3.95. The predicted molar refractivity (Wildman–Crippen MR) is 115 cm³/mol. The second-order valence-corrected chi connectivity index (χ2v) is 7.90. The number of thioether (sulfide) groups is 1. The van der Waals surface area contributed by atoms with Crippen LogP contribution in [-0.4, -0.2) is 47.9 Å². The molecule has 0 bridgehead atoms. The summed E-state index contributed by atoms with van der Waals surface area (Å²) in [5.41, 5.74) is 2.29. The molecule has 0 aromatic heterocycles. The molecule has 1 fully saturated rings. The van der Waals surface area contributed by atoms with Crippen molar-refractivity contribution in [1.29, 1.82) is 0 Å². The number of aryl methyl sites for hydroxylation is 1. The van der Waals surface area contributed by atoms with Gasteiger partial charge in [0.2, 0.25) is 5.91 Å². The van der Waals surface area contributed by atoms with Crippen LogP contribution in [0.25, 0.3) is 6.08 Å². The van der Waals surface area contributed by atoms with Gasteiger partial charge in [0.25, 0.3) is 5.91 Å². The number of hydrogen-bond donors (Lipinski definition) is 1. The van der Waals surface area contributed by atoms with Gasteiger partial charge in [-0.3, -0.25) is 9.59 Å². The number of hydrogen-bond acceptors (Lipinski definition) is 4. The highest BCUT2D eigenvalue weighted by Crippen LogP contribution is 2.22. The Kier molecular flexibility index (Phi) is 7.46. The van der Waals surface area contributed by atoms with Crippen molar-refractivity contribution in [2.45, 2.75) is 13.5 Å². The zero-order chi connectivity index (χ0) is 21.5. The Morgan fingerprint density at radius 3 is 2.60 bits per heavy atom. The summed E-state index contributed by atoms with van der Waals surface area (Å²) in [4.78, 5) is 26.7. The van der Waals surface area contributed by atoms with Crippen LogP contribution in [0, 0.1) is 6.92 Å². The number of amides is 2. The number of para-hydroxylation sites is 1. The van der Waals surface area contributed by atoms with Gasteiger partial charge >= 0.3 is 6.61 Å². The fourth-order valence-electron chi connectivity index (χ4n) is 3.05. The van der Waals surface area contributed by atoms with Gasteiger partial charge in [0.15, 0.2) is 0 Å². The van der Waals surface area contributed by atoms with Gasteiger partial charge in [-0.2, -0.15) is 20.5 Å². The van der Waals surface area contributed by atoms with E-state index in [9.17, 15) is 18.4 Å². The molecule has 3 rings (SSSR count). The molecular weight excluding hydrogens is 410 g/mol. The minimum atomic E-state index is -2.94. The van der Waals surface area contributed by atoms with Crippen LogP contribution in [0.3, 0.4) is 0 Å². The lowest BCUT2D eigenvalue weighted by atomic mass is 10.1. The number of alkyl halides is 2. The van der Waals surface area contributed by atoms with Crippen LogP contribution in [0.2, 0.25) is 0 Å². The maximum absolute atomic E-state index is 12.6. The van der Waals surface area contributed by atoms with Crippen LogP contribution in [0.15, 0.2) is 48.5 Å². The number of rotatable bonds is 6. The van der Waals surface area contributed by atoms with Gasteiger partial charge in [-0.15, -0.1) is 0 Å². The molecule has 0 radical (unpaired) electrons. The van der Waals surface area contributed by atoms with Gasteiger partial charge in [0.05, 0.1) is 0 Å². The molecule has 8 heteroatoms. The first kappa shape index (κ1) is 21.8. The second-order valence-electron chi connectivity index (χ2n) is 6.67. The number of carbonyl (C=O) groups is 2. The minimum absolute atomic E-state index is 0.00758. The van der Waals surface area contributed by atoms with Crippen LogP contribution < -0.4 is 10.1 Å². The first-order valence-corrected chi connectivity index (χ1v) is 10.6. The van der Waals surface area contributed by atoms with Crippen molar-refractivity contribution < 1.29 is 23.1 Å². The van der Waals surface area contributed by atoms with Crippen LogP contribution >= 0.6 is 11.8 Å². The number of nitrogens with zero attached hydrogens (tertiary/aromatic N) is 1. The van der Waals surface area contributed by atoms with Crippen molar-refractivity contribution in [1.82, 2.24) is 4.90 Å². The van der Waals surface area contributed by atoms with E-state index in [1.807, 2.05) is 23.6 Å². The van der Waals surface area contributed by atoms with Crippen LogP contribution in [0.5, 0.6) is 5.75 Å². The average molecular weight is 432 g/mol. The first-order chi connectivity index (χ1) is 14.4. The number of carbonyl (C=O) groups excluding carboxylic acids is 2. The second kappa shape index (κ2) is 10.2. The predicted octanol–water partition coefficient (Wildman–Crippen LogP) is 4.44. The third kappa shape index (κ3) is 5.82. The van der Waals surface area contributed by atoms with Gasteiger partial charge in [-0.25, -0.2) is 0 Å². The molecular formula is C22H22F2N2O3S. The molecule has 158 valence electrons. The monoisotopic (exact) mass is 432 g/mol. The third-order valence-electron chi connectivity index (χ3n) is 4.58. The summed E-state index contributed by atoms with van der Waals surface area (Å²) in [7, 11) is 0. The van der Waals surface area contributed by atoms with Crippen molar-refractivity contribution >= 4 is 35.3 Å². The highest BCUT2D eigenvalue weighted by Gasteiger charge is 2.19. The lowest BCUT2D eigenvalue weighted by Gasteiger charge is -2.26. The highest BCUT2D eigenvalue weighted by atomic mass is 32.2. The smallest absolute Gasteiger partial charge is 0.387 e. The average Bonchev–Trinajstić information content (AvgIpc) is 2.74. The lowest BCUT2D eigenvalue weighted by molar-refractivity contribution is -0.111. The standard InChI is InChI=1S/C22H22F2N2O3S/c1-15-14-17(21(28)26-10-12-30-13-11-26)6-8-18(15)25-20(27)9-7-16-4-2-3-5-19(16)29-22(23)24/h2-9,14,22H,10-13H2,1H3,(H,25,27). The Hall–Kier alpha value is -2.87. The summed E-state index contributed by atoms with van der Waals surface area (Å²) in [6, 6.07) is 11.4. The summed E-state index contributed by atoms with van der Waals surface area (Å²) in [5.74, 6) is 1.45. The molecule has 1 heterocycles. The summed E-state index contributed by atoms with van der Waals surface area (Å²) in [6.45, 7) is 0.347. The van der Waals surface area contributed by atoms with E-state index in [2.05, 4.69) is 10.1 Å². The van der Waals surface area contributed by atoms with Gasteiger partial charge in [-0.1, -0.05) is 18.2 Å². The quantitative estimate of drug-likeness (QED) is 0.686. The lowest BCUT2D eigenvalue weighted by Crippen LogP contribution is -2.37. The number of ether oxygens (including phenoxy) is 1. The zero-order valence-corrected chi connectivity index (χ0v) is 17.3. The van der Waals surface area contributed by atoms with Crippen molar-refractivity contribution in [3.63, 3.8) is 0 Å². The topological polar surface area (TPSA) is 58.6 Å². The Bertz CT molecular complexity index is 944. The molecule has 1 N–H and O–H groups in total. The molecule has 0 saturated carbocycles. The molecule has 5 nitrogen and oxygen atoms in total. The van der Waals surface area contributed by atoms with Gasteiger partial charge < -0.3 is 15.0 Å². The molecule has 0 aliphatic carbocycles. The SMILES string of the molecule is Cc1cc(C(=O)N2CCSCC2)ccc1NC(=O)C=Cc1ccccc1OC(F)F. The van der Waals surface area contributed by atoms with E-state index >= 15 is 0 Å². The van der Waals surface area contributed by atoms with Gasteiger partial charge in [0.1, 0.15) is 5.75 Å². The number of anilines is 1. The van der Waals surface area contributed by atoms with E-state index < -0.39 is 12.5 Å². The number of halogens is 2. The summed E-state index contributed by atoms with van der Waals surface area (Å²) < 4.78 is 29.4. The summed E-state index contributed by atoms with van der Waals surface area (Å²) >= 11 is 1.84. The Morgan fingerprint density at radius 1 is 1.17 bits per heavy atom. The maximum Gasteiger partial charge on any atom is 0.387 e. The molecule has 0 spiro atoms. The molecule has 2 aromatic carbocycles. The van der Waals surface area contributed by atoms with E-state index in [1.54, 1.807) is 36.4 Å². The van der Waals surface area contributed by atoms with Crippen molar-refractivity contribution in [3.8, 4) is 5.75 Å². The molecule has 30 heavy (non-hydrogen) atoms. The molecule has 1 aliphatic heterocycles. The number of nitrogens with one attached hydrogen (secondary N) is 1.